The first-order chi connectivity index (χ1) is 40.3. The standard InChI is InChI=1S/C29H30ClF2NO5.C23H27ClFNO5.C12H17ClN2O2/c1-28(2)16-38-27-19(28)15-25(33-26(27)18-5-7-21(32)20(30)13-18)29(3,35)10-9-22(34)17-6-8-23(37-12-11-31)24(14-17)36-4;1-22(2)13-31-20-15(22)12-19(26-21(20)24)23(3,28)8-7-16(27)14-5-6-17(30-10-9-25)18(11-14)29-4;1-11(2)6-17-9-7(11)4-8(15-10(9)13)12(3,16)5-14/h5-8,13-15,35H,9-12,16H2,1-4H3;5-6,11-12,28H,7-10,13H2,1-4H3;4,16H,5-6,14H2,1-3H3. The molecule has 0 bridgehead atoms. The fraction of sp³-hybridized carbons (Fsp3) is 0.453. The van der Waals surface area contributed by atoms with Crippen LogP contribution in [0.15, 0.2) is 72.8 Å². The van der Waals surface area contributed by atoms with Gasteiger partial charge in [-0.2, -0.15) is 0 Å². The van der Waals surface area contributed by atoms with Gasteiger partial charge in [0.25, 0.3) is 0 Å². The Kier molecular flexibility index (Phi) is 21.0. The summed E-state index contributed by atoms with van der Waals surface area (Å²) in [5.41, 5.74) is 6.60. The number of hydrogen-bond donors (Lipinski definition) is 4. The van der Waals surface area contributed by atoms with Crippen molar-refractivity contribution in [2.75, 3.05) is 67.1 Å². The molecule has 0 saturated carbocycles. The highest BCUT2D eigenvalue weighted by Gasteiger charge is 2.41. The molecule has 0 aliphatic carbocycles. The number of pyridine rings is 3. The number of ether oxygens (including phenoxy) is 7. The number of rotatable bonds is 21. The van der Waals surface area contributed by atoms with Gasteiger partial charge >= 0.3 is 0 Å². The lowest BCUT2D eigenvalue weighted by Gasteiger charge is -2.25. The smallest absolute Gasteiger partial charge is 0.171 e. The SMILES string of the molecule is CC1(C)COc2c1cc(C(C)(O)CN)nc2Cl.COc1cc(C(=O)CCC(C)(O)c2cc3c(c(-c4ccc(F)c(Cl)c4)n2)OCC3(C)C)ccc1OCCF.COc1cc(C(=O)CCC(C)(O)c2cc3c(c(Cl)n2)OCC3(C)C)ccc1OCCF. The Morgan fingerprint density at radius 3 is 1.37 bits per heavy atom. The monoisotopic (exact) mass is 1250 g/mol. The number of carbonyl (C=O) groups is 2. The quantitative estimate of drug-likeness (QED) is 0.0388. The Morgan fingerprint density at radius 1 is 0.581 bits per heavy atom. The molecule has 0 amide bonds. The molecular formula is C64H74Cl3F3N4O12. The number of fused-ring (bicyclic) bond motifs is 3. The van der Waals surface area contributed by atoms with Crippen molar-refractivity contribution in [2.24, 2.45) is 5.73 Å². The zero-order valence-electron chi connectivity index (χ0n) is 50.1. The van der Waals surface area contributed by atoms with Gasteiger partial charge in [0, 0.05) is 69.0 Å². The van der Waals surface area contributed by atoms with E-state index in [0.29, 0.717) is 99.5 Å². The van der Waals surface area contributed by atoms with Crippen LogP contribution in [0, 0.1) is 5.82 Å². The molecule has 0 radical (unpaired) electrons. The van der Waals surface area contributed by atoms with E-state index >= 15 is 0 Å². The first-order valence-corrected chi connectivity index (χ1v) is 29.0. The molecule has 0 spiro atoms. The van der Waals surface area contributed by atoms with Crippen molar-refractivity contribution >= 4 is 46.4 Å². The topological polar surface area (TPSA) is 224 Å². The summed E-state index contributed by atoms with van der Waals surface area (Å²) in [7, 11) is 2.89. The molecule has 0 saturated heterocycles. The van der Waals surface area contributed by atoms with Crippen LogP contribution >= 0.6 is 34.8 Å². The third-order valence-electron chi connectivity index (χ3n) is 15.3. The molecule has 3 aromatic heterocycles. The first kappa shape index (κ1) is 67.1. The molecule has 16 nitrogen and oxygen atoms in total. The molecule has 22 heteroatoms. The van der Waals surface area contributed by atoms with E-state index in [-0.39, 0.29) is 88.6 Å². The van der Waals surface area contributed by atoms with Crippen LogP contribution in [0.3, 0.4) is 0 Å². The third-order valence-corrected chi connectivity index (χ3v) is 16.1. The predicted molar refractivity (Wildman–Crippen MR) is 323 cm³/mol. The molecule has 3 aliphatic rings. The molecule has 3 aromatic carbocycles. The second kappa shape index (κ2) is 26.9. The minimum atomic E-state index is -1.46. The number of carbonyl (C=O) groups excluding carboxylic acids is 2. The van der Waals surface area contributed by atoms with Gasteiger partial charge in [0.15, 0.2) is 56.4 Å². The third kappa shape index (κ3) is 15.1. The summed E-state index contributed by atoms with van der Waals surface area (Å²) < 4.78 is 76.9. The minimum Gasteiger partial charge on any atom is -0.493 e. The average Bonchev–Trinajstić information content (AvgIpc) is 1.95. The molecule has 9 rings (SSSR count). The number of hydrogen-bond acceptors (Lipinski definition) is 16. The number of Topliss-reactive ketones (excluding diaryl/α,β-unsaturated/α-hetero) is 2. The van der Waals surface area contributed by atoms with Crippen molar-refractivity contribution in [3.8, 4) is 51.5 Å². The van der Waals surface area contributed by atoms with Gasteiger partial charge in [-0.1, -0.05) is 76.3 Å². The number of aliphatic hydroxyl groups is 3. The number of ketones is 2. The molecule has 0 fully saturated rings. The Bertz CT molecular complexity index is 3470. The van der Waals surface area contributed by atoms with Gasteiger partial charge < -0.3 is 54.2 Å². The summed E-state index contributed by atoms with van der Waals surface area (Å²) in [6.45, 7) is 17.2. The molecule has 6 aromatic rings. The van der Waals surface area contributed by atoms with Crippen LogP contribution in [-0.4, -0.2) is 109 Å². The Balaban J connectivity index is 0.000000197. The highest BCUT2D eigenvalue weighted by atomic mass is 35.5. The van der Waals surface area contributed by atoms with E-state index < -0.39 is 36.0 Å². The highest BCUT2D eigenvalue weighted by molar-refractivity contribution is 6.31. The minimum absolute atomic E-state index is 0.0250. The lowest BCUT2D eigenvalue weighted by molar-refractivity contribution is 0.0395. The van der Waals surface area contributed by atoms with Crippen LogP contribution in [0.2, 0.25) is 15.3 Å². The van der Waals surface area contributed by atoms with E-state index in [1.165, 1.54) is 32.4 Å². The molecular weight excluding hydrogens is 1180 g/mol. The number of benzene rings is 3. The van der Waals surface area contributed by atoms with Gasteiger partial charge in [0.05, 0.1) is 56.1 Å². The maximum atomic E-state index is 13.8. The fourth-order valence-electron chi connectivity index (χ4n) is 9.71. The summed E-state index contributed by atoms with van der Waals surface area (Å²) in [5.74, 6) is 2.17. The van der Waals surface area contributed by atoms with Crippen molar-refractivity contribution in [3.63, 3.8) is 0 Å². The molecule has 3 unspecified atom stereocenters. The van der Waals surface area contributed by atoms with Gasteiger partial charge in [-0.15, -0.1) is 0 Å². The van der Waals surface area contributed by atoms with E-state index in [4.69, 9.17) is 78.7 Å². The van der Waals surface area contributed by atoms with Crippen molar-refractivity contribution in [1.82, 2.24) is 15.0 Å². The second-order valence-corrected chi connectivity index (χ2v) is 25.0. The van der Waals surface area contributed by atoms with Gasteiger partial charge in [-0.3, -0.25) is 9.59 Å². The summed E-state index contributed by atoms with van der Waals surface area (Å²) in [4.78, 5) is 38.9. The molecule has 5 N–H and O–H groups in total. The van der Waals surface area contributed by atoms with Crippen molar-refractivity contribution < 1.29 is 71.2 Å². The average molecular weight is 1250 g/mol. The molecule has 3 atom stereocenters. The number of nitrogens with two attached hydrogens (primary N) is 1. The Labute approximate surface area is 514 Å². The Morgan fingerprint density at radius 2 is 0.977 bits per heavy atom. The van der Waals surface area contributed by atoms with E-state index in [9.17, 15) is 38.1 Å². The summed E-state index contributed by atoms with van der Waals surface area (Å²) >= 11 is 18.4. The van der Waals surface area contributed by atoms with Crippen molar-refractivity contribution in [3.05, 3.63) is 139 Å². The van der Waals surface area contributed by atoms with Crippen LogP contribution in [0.1, 0.15) is 142 Å². The molecule has 464 valence electrons. The van der Waals surface area contributed by atoms with Gasteiger partial charge in [0.1, 0.15) is 60.6 Å². The van der Waals surface area contributed by atoms with Gasteiger partial charge in [-0.05, 0) is 106 Å². The van der Waals surface area contributed by atoms with Crippen LogP contribution in [0.5, 0.6) is 40.2 Å². The maximum absolute atomic E-state index is 13.8. The Hall–Kier alpha value is -6.45. The van der Waals surface area contributed by atoms with Crippen molar-refractivity contribution in [1.29, 1.82) is 0 Å². The summed E-state index contributed by atoms with van der Waals surface area (Å²) in [6.07, 6.45) is 0.344. The van der Waals surface area contributed by atoms with Gasteiger partial charge in [-0.25, -0.2) is 28.1 Å². The zero-order chi connectivity index (χ0) is 63.3. The summed E-state index contributed by atoms with van der Waals surface area (Å²) in [5, 5.41) is 33.1. The van der Waals surface area contributed by atoms with Crippen molar-refractivity contribution in [2.45, 2.75) is 121 Å². The van der Waals surface area contributed by atoms with Crippen LogP contribution in [0.25, 0.3) is 11.3 Å². The lowest BCUT2D eigenvalue weighted by Crippen LogP contribution is -2.32. The first-order valence-electron chi connectivity index (χ1n) is 27.8. The van der Waals surface area contributed by atoms with Crippen LogP contribution in [0.4, 0.5) is 13.2 Å². The van der Waals surface area contributed by atoms with Crippen LogP contribution in [-0.2, 0) is 33.0 Å². The number of nitrogens with zero attached hydrogens (tertiary/aromatic N) is 3. The molecule has 6 heterocycles. The fourth-order valence-corrected chi connectivity index (χ4v) is 10.4. The van der Waals surface area contributed by atoms with E-state index in [0.717, 1.165) is 16.7 Å². The van der Waals surface area contributed by atoms with E-state index in [2.05, 4.69) is 23.8 Å². The zero-order valence-corrected chi connectivity index (χ0v) is 52.4. The molecule has 86 heavy (non-hydrogen) atoms. The highest BCUT2D eigenvalue weighted by Crippen LogP contribution is 2.48. The normalized spacial score (nSPS) is 16.7. The summed E-state index contributed by atoms with van der Waals surface area (Å²) in [6, 6.07) is 19.1. The van der Waals surface area contributed by atoms with Crippen LogP contribution < -0.4 is 38.9 Å². The van der Waals surface area contributed by atoms with E-state index in [1.807, 2.05) is 39.8 Å². The maximum Gasteiger partial charge on any atom is 0.171 e. The second-order valence-electron chi connectivity index (χ2n) is 23.9. The largest absolute Gasteiger partial charge is 0.493 e. The lowest BCUT2D eigenvalue weighted by atomic mass is 9.83. The number of halogens is 6. The number of aromatic nitrogens is 3. The predicted octanol–water partition coefficient (Wildman–Crippen LogP) is 12.6. The number of methoxy groups -OCH3 is 2. The van der Waals surface area contributed by atoms with E-state index in [1.54, 1.807) is 63.2 Å². The number of alkyl halides is 2. The molecule has 3 aliphatic heterocycles. The van der Waals surface area contributed by atoms with Gasteiger partial charge in [0.2, 0.25) is 0 Å².